The lowest BCUT2D eigenvalue weighted by Gasteiger charge is -2.21. The van der Waals surface area contributed by atoms with Gasteiger partial charge in [0.05, 0.1) is 17.8 Å². The van der Waals surface area contributed by atoms with E-state index >= 15 is 0 Å². The molecule has 0 fully saturated rings. The van der Waals surface area contributed by atoms with Gasteiger partial charge in [0.2, 0.25) is 5.95 Å². The topological polar surface area (TPSA) is 65.3 Å². The number of fused-ring (bicyclic) bond motifs is 3. The highest BCUT2D eigenvalue weighted by Gasteiger charge is 2.22. The maximum atomic E-state index is 12.4. The second-order valence-corrected chi connectivity index (χ2v) is 7.04. The average molecular weight is 367 g/mol. The molecule has 26 heavy (non-hydrogen) atoms. The summed E-state index contributed by atoms with van der Waals surface area (Å²) in [6.07, 6.45) is 2.44. The number of hydrogen-bond donors (Lipinski definition) is 2. The molecule has 3 aromatic rings. The molecule has 6 heteroatoms. The zero-order valence-corrected chi connectivity index (χ0v) is 15.4. The Morgan fingerprint density at radius 3 is 2.77 bits per heavy atom. The Labute approximate surface area is 157 Å². The molecule has 1 atom stereocenters. The first kappa shape index (κ1) is 17.0. The molecular weight excluding hydrogens is 348 g/mol. The zero-order chi connectivity index (χ0) is 18.3. The molecule has 5 nitrogen and oxygen atoms in total. The summed E-state index contributed by atoms with van der Waals surface area (Å²) in [5.41, 5.74) is 6.60. The molecule has 0 amide bonds. The van der Waals surface area contributed by atoms with Gasteiger partial charge < -0.3 is 15.6 Å². The zero-order valence-electron chi connectivity index (χ0n) is 14.6. The Morgan fingerprint density at radius 2 is 1.96 bits per heavy atom. The van der Waals surface area contributed by atoms with Crippen LogP contribution in [0.4, 0.5) is 17.3 Å². The fraction of sp³-hybridized carbons (Fsp3) is 0.200. The van der Waals surface area contributed by atoms with E-state index in [1.807, 2.05) is 18.3 Å². The van der Waals surface area contributed by atoms with Crippen LogP contribution in [0, 0.1) is 19.1 Å². The number of nitrogens with zero attached hydrogens (tertiary/aromatic N) is 2. The standard InChI is InChI=1S/C20H19ClN4O/c1-12-3-5-16(9-13(12)2)23-20-22-11-14-7-8-25(26)18-10-15(21)4-6-17(18)19(14)24-20/h3-6,9-11,25H,7-8H2,1-2H3,(H,22,23,24). The summed E-state index contributed by atoms with van der Waals surface area (Å²) >= 11 is 6.09. The third-order valence-electron chi connectivity index (χ3n) is 4.79. The quantitative estimate of drug-likeness (QED) is 0.678. The average Bonchev–Trinajstić information content (AvgIpc) is 2.75. The number of quaternary nitrogens is 1. The molecule has 0 radical (unpaired) electrons. The van der Waals surface area contributed by atoms with Crippen LogP contribution in [-0.4, -0.2) is 16.5 Å². The lowest BCUT2D eigenvalue weighted by Crippen LogP contribution is -3.02. The van der Waals surface area contributed by atoms with Gasteiger partial charge in [-0.25, -0.2) is 9.97 Å². The third-order valence-corrected chi connectivity index (χ3v) is 5.02. The van der Waals surface area contributed by atoms with Gasteiger partial charge in [0.25, 0.3) is 0 Å². The van der Waals surface area contributed by atoms with E-state index in [0.29, 0.717) is 29.6 Å². The van der Waals surface area contributed by atoms with Crippen LogP contribution in [0.5, 0.6) is 0 Å². The summed E-state index contributed by atoms with van der Waals surface area (Å²) < 4.78 is 0. The van der Waals surface area contributed by atoms with Crippen LogP contribution < -0.4 is 10.4 Å². The number of hydrogen-bond acceptors (Lipinski definition) is 4. The minimum atomic E-state index is 0.0872. The predicted molar refractivity (Wildman–Crippen MR) is 104 cm³/mol. The Balaban J connectivity index is 1.76. The first-order valence-corrected chi connectivity index (χ1v) is 8.92. The molecule has 0 bridgehead atoms. The summed E-state index contributed by atoms with van der Waals surface area (Å²) in [6, 6.07) is 11.5. The molecule has 1 unspecified atom stereocenters. The van der Waals surface area contributed by atoms with E-state index in [4.69, 9.17) is 16.6 Å². The normalized spacial score (nSPS) is 15.8. The van der Waals surface area contributed by atoms with Crippen molar-refractivity contribution in [2.24, 2.45) is 0 Å². The molecule has 0 saturated carbocycles. The number of hydroxylamine groups is 1. The molecule has 1 aromatic heterocycles. The minimum Gasteiger partial charge on any atom is -0.629 e. The summed E-state index contributed by atoms with van der Waals surface area (Å²) in [5, 5.41) is 16.4. The Kier molecular flexibility index (Phi) is 4.36. The van der Waals surface area contributed by atoms with Crippen molar-refractivity contribution in [3.63, 3.8) is 0 Å². The van der Waals surface area contributed by atoms with Crippen LogP contribution in [-0.2, 0) is 6.42 Å². The maximum absolute atomic E-state index is 12.4. The van der Waals surface area contributed by atoms with Crippen molar-refractivity contribution in [3.8, 4) is 11.3 Å². The molecule has 0 aliphatic carbocycles. The number of rotatable bonds is 2. The summed E-state index contributed by atoms with van der Waals surface area (Å²) in [7, 11) is 0. The van der Waals surface area contributed by atoms with Gasteiger partial charge in [-0.1, -0.05) is 17.7 Å². The minimum absolute atomic E-state index is 0.0872. The van der Waals surface area contributed by atoms with Crippen LogP contribution in [0.15, 0.2) is 42.6 Å². The SMILES string of the molecule is Cc1ccc(Nc2ncc3c(n2)-c2ccc(Cl)cc2[NH+]([O-])CC3)cc1C. The molecule has 1 aliphatic heterocycles. The van der Waals surface area contributed by atoms with E-state index in [1.165, 1.54) is 11.1 Å². The number of benzene rings is 2. The largest absolute Gasteiger partial charge is 0.629 e. The fourth-order valence-electron chi connectivity index (χ4n) is 3.17. The van der Waals surface area contributed by atoms with Crippen molar-refractivity contribution in [1.82, 2.24) is 9.97 Å². The maximum Gasteiger partial charge on any atom is 0.227 e. The summed E-state index contributed by atoms with van der Waals surface area (Å²) in [5.74, 6) is 0.516. The van der Waals surface area contributed by atoms with E-state index in [2.05, 4.69) is 36.3 Å². The van der Waals surface area contributed by atoms with Gasteiger partial charge >= 0.3 is 0 Å². The van der Waals surface area contributed by atoms with Crippen molar-refractivity contribution in [2.75, 3.05) is 11.9 Å². The van der Waals surface area contributed by atoms with Crippen LogP contribution in [0.2, 0.25) is 5.02 Å². The smallest absolute Gasteiger partial charge is 0.227 e. The lowest BCUT2D eigenvalue weighted by atomic mass is 10.1. The molecule has 2 N–H and O–H groups in total. The molecule has 1 aliphatic rings. The van der Waals surface area contributed by atoms with E-state index in [0.717, 1.165) is 22.5 Å². The van der Waals surface area contributed by atoms with Gasteiger partial charge in [-0.05, 0) is 49.2 Å². The summed E-state index contributed by atoms with van der Waals surface area (Å²) in [6.45, 7) is 4.59. The second kappa shape index (κ2) is 6.68. The van der Waals surface area contributed by atoms with Gasteiger partial charge in [-0.2, -0.15) is 0 Å². The lowest BCUT2D eigenvalue weighted by molar-refractivity contribution is -0.775. The highest BCUT2D eigenvalue weighted by Crippen LogP contribution is 2.32. The van der Waals surface area contributed by atoms with Crippen LogP contribution in [0.1, 0.15) is 16.7 Å². The first-order valence-electron chi connectivity index (χ1n) is 8.54. The van der Waals surface area contributed by atoms with Crippen LogP contribution in [0.25, 0.3) is 11.3 Å². The molecule has 0 saturated heterocycles. The molecule has 2 heterocycles. The van der Waals surface area contributed by atoms with Crippen molar-refractivity contribution in [2.45, 2.75) is 20.3 Å². The van der Waals surface area contributed by atoms with E-state index in [1.54, 1.807) is 12.1 Å². The predicted octanol–water partition coefficient (Wildman–Crippen LogP) is 3.73. The molecule has 132 valence electrons. The number of anilines is 2. The number of aryl methyl sites for hydroxylation is 2. The van der Waals surface area contributed by atoms with Gasteiger partial charge in [-0.15, -0.1) is 0 Å². The highest BCUT2D eigenvalue weighted by atomic mass is 35.5. The van der Waals surface area contributed by atoms with E-state index < -0.39 is 0 Å². The Bertz CT molecular complexity index is 990. The molecule has 4 rings (SSSR count). The highest BCUT2D eigenvalue weighted by molar-refractivity contribution is 6.30. The van der Waals surface area contributed by atoms with Gasteiger partial charge in [0.1, 0.15) is 5.69 Å². The van der Waals surface area contributed by atoms with Gasteiger partial charge in [0.15, 0.2) is 0 Å². The van der Waals surface area contributed by atoms with Gasteiger partial charge in [-0.3, -0.25) is 0 Å². The Morgan fingerprint density at radius 1 is 1.12 bits per heavy atom. The number of nitrogens with one attached hydrogen (secondary N) is 2. The van der Waals surface area contributed by atoms with E-state index in [-0.39, 0.29) is 5.06 Å². The van der Waals surface area contributed by atoms with Crippen molar-refractivity contribution >= 4 is 28.9 Å². The van der Waals surface area contributed by atoms with Crippen LogP contribution >= 0.6 is 11.6 Å². The fourth-order valence-corrected chi connectivity index (χ4v) is 3.34. The van der Waals surface area contributed by atoms with Crippen molar-refractivity contribution in [3.05, 3.63) is 69.5 Å². The Hall–Kier alpha value is -2.47. The molecule has 0 spiro atoms. The second-order valence-electron chi connectivity index (χ2n) is 6.60. The molecule has 2 aromatic carbocycles. The molecular formula is C20H19ClN4O. The third kappa shape index (κ3) is 3.17. The summed E-state index contributed by atoms with van der Waals surface area (Å²) in [4.78, 5) is 9.15. The monoisotopic (exact) mass is 366 g/mol. The number of halogens is 1. The van der Waals surface area contributed by atoms with Crippen molar-refractivity contribution < 1.29 is 5.06 Å². The van der Waals surface area contributed by atoms with Crippen LogP contribution in [0.3, 0.4) is 0 Å². The van der Waals surface area contributed by atoms with Crippen molar-refractivity contribution in [1.29, 1.82) is 0 Å². The first-order chi connectivity index (χ1) is 12.5. The van der Waals surface area contributed by atoms with Gasteiger partial charge in [0, 0.05) is 35.0 Å². The number of aromatic nitrogens is 2. The van der Waals surface area contributed by atoms with E-state index in [9.17, 15) is 5.21 Å².